The molecule has 2 amide bonds. The van der Waals surface area contributed by atoms with Gasteiger partial charge in [0.25, 0.3) is 5.91 Å². The number of rotatable bonds is 8. The van der Waals surface area contributed by atoms with Crippen LogP contribution >= 0.6 is 0 Å². The highest BCUT2D eigenvalue weighted by molar-refractivity contribution is 5.95. The molecule has 0 atom stereocenters. The van der Waals surface area contributed by atoms with Gasteiger partial charge in [-0.1, -0.05) is 12.1 Å². The number of carbonyl (C=O) groups is 2. The molecular weight excluding hydrogens is 346 g/mol. The Bertz CT molecular complexity index is 806. The van der Waals surface area contributed by atoms with Gasteiger partial charge >= 0.3 is 0 Å². The Kier molecular flexibility index (Phi) is 7.19. The van der Waals surface area contributed by atoms with Gasteiger partial charge in [0.1, 0.15) is 0 Å². The Balaban J connectivity index is 1.92. The lowest BCUT2D eigenvalue weighted by Crippen LogP contribution is -2.27. The van der Waals surface area contributed by atoms with Crippen molar-refractivity contribution in [3.63, 3.8) is 0 Å². The van der Waals surface area contributed by atoms with Crippen molar-refractivity contribution < 1.29 is 19.1 Å². The van der Waals surface area contributed by atoms with Crippen LogP contribution in [0.1, 0.15) is 5.56 Å². The van der Waals surface area contributed by atoms with Gasteiger partial charge in [-0.05, 0) is 56.9 Å². The lowest BCUT2D eigenvalue weighted by atomic mass is 10.1. The number of benzene rings is 2. The van der Waals surface area contributed by atoms with Gasteiger partial charge in [0, 0.05) is 11.4 Å². The molecule has 0 radical (unpaired) electrons. The topological polar surface area (TPSA) is 79.9 Å². The summed E-state index contributed by atoms with van der Waals surface area (Å²) < 4.78 is 10.7. The molecular formula is C20H25N3O4. The third kappa shape index (κ3) is 6.31. The summed E-state index contributed by atoms with van der Waals surface area (Å²) in [7, 11) is 5.21. The number of aryl methyl sites for hydroxylation is 1. The Morgan fingerprint density at radius 1 is 1.00 bits per heavy atom. The van der Waals surface area contributed by atoms with Crippen LogP contribution in [-0.4, -0.2) is 51.1 Å². The van der Waals surface area contributed by atoms with Crippen molar-refractivity contribution in [1.29, 1.82) is 0 Å². The number of hydrogen-bond acceptors (Lipinski definition) is 5. The van der Waals surface area contributed by atoms with Crippen molar-refractivity contribution in [2.24, 2.45) is 0 Å². The normalized spacial score (nSPS) is 10.4. The van der Waals surface area contributed by atoms with Crippen molar-refractivity contribution in [3.05, 3.63) is 48.0 Å². The molecule has 0 bridgehead atoms. The summed E-state index contributed by atoms with van der Waals surface area (Å²) in [5, 5.41) is 5.63. The molecule has 2 rings (SSSR count). The minimum absolute atomic E-state index is 0.0925. The monoisotopic (exact) mass is 371 g/mol. The van der Waals surface area contributed by atoms with Crippen LogP contribution in [0.5, 0.6) is 11.5 Å². The van der Waals surface area contributed by atoms with Crippen LogP contribution in [0.3, 0.4) is 0 Å². The molecule has 2 N–H and O–H groups in total. The molecule has 7 nitrogen and oxygen atoms in total. The van der Waals surface area contributed by atoms with Crippen LogP contribution in [0.25, 0.3) is 0 Å². The number of anilines is 2. The predicted molar refractivity (Wildman–Crippen MR) is 105 cm³/mol. The van der Waals surface area contributed by atoms with Gasteiger partial charge in [0.05, 0.1) is 13.7 Å². The van der Waals surface area contributed by atoms with Crippen LogP contribution < -0.4 is 20.1 Å². The smallest absolute Gasteiger partial charge is 0.262 e. The van der Waals surface area contributed by atoms with Gasteiger partial charge in [-0.25, -0.2) is 0 Å². The number of amides is 2. The van der Waals surface area contributed by atoms with E-state index < -0.39 is 0 Å². The second kappa shape index (κ2) is 9.59. The van der Waals surface area contributed by atoms with E-state index >= 15 is 0 Å². The Morgan fingerprint density at radius 3 is 2.33 bits per heavy atom. The van der Waals surface area contributed by atoms with E-state index in [1.807, 2.05) is 33.2 Å². The zero-order chi connectivity index (χ0) is 19.8. The first-order chi connectivity index (χ1) is 12.9. The number of likely N-dealkylation sites (N-methyl/N-ethyl adjacent to an activating group) is 1. The van der Waals surface area contributed by atoms with Gasteiger partial charge in [0.15, 0.2) is 18.1 Å². The lowest BCUT2D eigenvalue weighted by Gasteiger charge is -2.14. The average Bonchev–Trinajstić information content (AvgIpc) is 2.62. The van der Waals surface area contributed by atoms with Crippen LogP contribution in [0, 0.1) is 6.92 Å². The Morgan fingerprint density at radius 2 is 1.70 bits per heavy atom. The van der Waals surface area contributed by atoms with E-state index in [9.17, 15) is 9.59 Å². The number of nitrogens with one attached hydrogen (secondary N) is 2. The molecule has 0 aliphatic carbocycles. The van der Waals surface area contributed by atoms with Crippen LogP contribution in [0.2, 0.25) is 0 Å². The molecule has 0 saturated carbocycles. The Hall–Kier alpha value is -3.06. The molecule has 2 aromatic carbocycles. The van der Waals surface area contributed by atoms with Crippen molar-refractivity contribution in [1.82, 2.24) is 4.90 Å². The summed E-state index contributed by atoms with van der Waals surface area (Å²) in [6.45, 7) is 2.03. The molecule has 0 saturated heterocycles. The highest BCUT2D eigenvalue weighted by Gasteiger charge is 2.10. The van der Waals surface area contributed by atoms with Gasteiger partial charge in [0.2, 0.25) is 5.91 Å². The predicted octanol–water partition coefficient (Wildman–Crippen LogP) is 2.52. The molecule has 7 heteroatoms. The lowest BCUT2D eigenvalue weighted by molar-refractivity contribution is -0.118. The fourth-order valence-corrected chi connectivity index (χ4v) is 2.44. The average molecular weight is 371 g/mol. The SMILES string of the molecule is COc1ccccc1OCC(=O)Nc1ccc(NC(=O)CN(C)C)c(C)c1. The van der Waals surface area contributed by atoms with Gasteiger partial charge in [-0.3, -0.25) is 9.59 Å². The van der Waals surface area contributed by atoms with E-state index in [1.165, 1.54) is 0 Å². The molecule has 144 valence electrons. The first-order valence-electron chi connectivity index (χ1n) is 8.50. The Labute approximate surface area is 159 Å². The molecule has 0 aliphatic heterocycles. The summed E-state index contributed by atoms with van der Waals surface area (Å²) >= 11 is 0. The van der Waals surface area contributed by atoms with Gasteiger partial charge in [-0.15, -0.1) is 0 Å². The van der Waals surface area contributed by atoms with Gasteiger partial charge in [-0.2, -0.15) is 0 Å². The van der Waals surface area contributed by atoms with Crippen molar-refractivity contribution >= 4 is 23.2 Å². The molecule has 0 heterocycles. The van der Waals surface area contributed by atoms with Crippen LogP contribution in [-0.2, 0) is 9.59 Å². The maximum Gasteiger partial charge on any atom is 0.262 e. The fourth-order valence-electron chi connectivity index (χ4n) is 2.44. The summed E-state index contributed by atoms with van der Waals surface area (Å²) in [5.41, 5.74) is 2.20. The van der Waals surface area contributed by atoms with Crippen molar-refractivity contribution in [2.75, 3.05) is 45.0 Å². The van der Waals surface area contributed by atoms with E-state index in [2.05, 4.69) is 10.6 Å². The number of carbonyl (C=O) groups excluding carboxylic acids is 2. The highest BCUT2D eigenvalue weighted by Crippen LogP contribution is 2.25. The summed E-state index contributed by atoms with van der Waals surface area (Å²) in [6, 6.07) is 12.4. The van der Waals surface area contributed by atoms with Crippen molar-refractivity contribution in [2.45, 2.75) is 6.92 Å². The zero-order valence-electron chi connectivity index (χ0n) is 16.0. The summed E-state index contributed by atoms with van der Waals surface area (Å²) in [4.78, 5) is 25.8. The molecule has 0 aliphatic rings. The highest BCUT2D eigenvalue weighted by atomic mass is 16.5. The van der Waals surface area contributed by atoms with E-state index in [0.717, 1.165) is 5.56 Å². The molecule has 2 aromatic rings. The van der Waals surface area contributed by atoms with Crippen LogP contribution in [0.4, 0.5) is 11.4 Å². The molecule has 0 unspecified atom stereocenters. The maximum absolute atomic E-state index is 12.1. The summed E-state index contributed by atoms with van der Waals surface area (Å²) in [5.74, 6) is 0.694. The minimum Gasteiger partial charge on any atom is -0.493 e. The number of ether oxygens (including phenoxy) is 2. The van der Waals surface area contributed by atoms with E-state index in [4.69, 9.17) is 9.47 Å². The minimum atomic E-state index is -0.287. The number of methoxy groups -OCH3 is 1. The van der Waals surface area contributed by atoms with E-state index in [0.29, 0.717) is 29.4 Å². The maximum atomic E-state index is 12.1. The van der Waals surface area contributed by atoms with E-state index in [-0.39, 0.29) is 18.4 Å². The van der Waals surface area contributed by atoms with Crippen LogP contribution in [0.15, 0.2) is 42.5 Å². The number of para-hydroxylation sites is 2. The zero-order valence-corrected chi connectivity index (χ0v) is 16.0. The standard InChI is InChI=1S/C20H25N3O4/c1-14-11-15(9-10-16(14)22-19(24)12-23(2)3)21-20(25)13-27-18-8-6-5-7-17(18)26-4/h5-11H,12-13H2,1-4H3,(H,21,25)(H,22,24). The molecule has 0 fully saturated rings. The fraction of sp³-hybridized carbons (Fsp3) is 0.300. The molecule has 0 aromatic heterocycles. The number of hydrogen-bond donors (Lipinski definition) is 2. The second-order valence-corrected chi connectivity index (χ2v) is 6.30. The summed E-state index contributed by atoms with van der Waals surface area (Å²) in [6.07, 6.45) is 0. The second-order valence-electron chi connectivity index (χ2n) is 6.30. The quantitative estimate of drug-likeness (QED) is 0.745. The number of nitrogens with zero attached hydrogens (tertiary/aromatic N) is 1. The first-order valence-corrected chi connectivity index (χ1v) is 8.50. The van der Waals surface area contributed by atoms with Crippen molar-refractivity contribution in [3.8, 4) is 11.5 Å². The third-order valence-corrected chi connectivity index (χ3v) is 3.67. The van der Waals surface area contributed by atoms with E-state index in [1.54, 1.807) is 42.3 Å². The third-order valence-electron chi connectivity index (χ3n) is 3.67. The van der Waals surface area contributed by atoms with Gasteiger partial charge < -0.3 is 25.0 Å². The molecule has 0 spiro atoms. The largest absolute Gasteiger partial charge is 0.493 e. The molecule has 27 heavy (non-hydrogen) atoms. The first kappa shape index (κ1) is 20.3.